The van der Waals surface area contributed by atoms with Crippen molar-refractivity contribution >= 4 is 16.6 Å². The van der Waals surface area contributed by atoms with Gasteiger partial charge in [0.2, 0.25) is 0 Å². The van der Waals surface area contributed by atoms with Gasteiger partial charge in [0, 0.05) is 12.7 Å². The number of hydrogen-bond acceptors (Lipinski definition) is 5. The molecule has 0 atom stereocenters. The van der Waals surface area contributed by atoms with Gasteiger partial charge >= 0.3 is 5.69 Å². The molecule has 6 nitrogen and oxygen atoms in total. The highest BCUT2D eigenvalue weighted by atomic mass is 16.6. The lowest BCUT2D eigenvalue weighted by molar-refractivity contribution is -0.384. The maximum atomic E-state index is 11.2. The third kappa shape index (κ3) is 2.38. The van der Waals surface area contributed by atoms with Crippen LogP contribution < -0.4 is 10.1 Å². The van der Waals surface area contributed by atoms with E-state index >= 15 is 0 Å². The molecule has 0 amide bonds. The molecule has 0 aliphatic rings. The summed E-state index contributed by atoms with van der Waals surface area (Å²) in [5.74, 6) is 0.274. The number of aromatic nitrogens is 1. The average molecular weight is 247 g/mol. The number of likely N-dealkylation sites (N-methyl/N-ethyl adjacent to an activating group) is 1. The molecule has 18 heavy (non-hydrogen) atoms. The Morgan fingerprint density at radius 2 is 2.28 bits per heavy atom. The zero-order chi connectivity index (χ0) is 13.0. The van der Waals surface area contributed by atoms with E-state index in [0.717, 1.165) is 0 Å². The fourth-order valence-electron chi connectivity index (χ4n) is 1.68. The lowest BCUT2D eigenvalue weighted by Gasteiger charge is -2.07. The van der Waals surface area contributed by atoms with Crippen molar-refractivity contribution in [3.05, 3.63) is 40.6 Å². The molecular formula is C12H13N3O3. The quantitative estimate of drug-likeness (QED) is 0.494. The van der Waals surface area contributed by atoms with E-state index in [4.69, 9.17) is 4.74 Å². The number of nitro benzene ring substituents is 1. The number of benzene rings is 1. The van der Waals surface area contributed by atoms with Crippen LogP contribution in [0.1, 0.15) is 0 Å². The molecule has 0 saturated carbocycles. The molecule has 0 unspecified atom stereocenters. The number of nitrogens with one attached hydrogen (secondary N) is 1. The van der Waals surface area contributed by atoms with Crippen molar-refractivity contribution < 1.29 is 9.66 Å². The number of nitrogens with zero attached hydrogens (tertiary/aromatic N) is 2. The van der Waals surface area contributed by atoms with Crippen molar-refractivity contribution in [2.24, 2.45) is 0 Å². The van der Waals surface area contributed by atoms with Gasteiger partial charge in [0.05, 0.1) is 15.8 Å². The van der Waals surface area contributed by atoms with E-state index < -0.39 is 4.92 Å². The second kappa shape index (κ2) is 5.42. The van der Waals surface area contributed by atoms with E-state index in [0.29, 0.717) is 24.1 Å². The fourth-order valence-corrected chi connectivity index (χ4v) is 1.68. The van der Waals surface area contributed by atoms with E-state index in [9.17, 15) is 10.1 Å². The summed E-state index contributed by atoms with van der Waals surface area (Å²) in [4.78, 5) is 14.8. The highest BCUT2D eigenvalue weighted by Gasteiger charge is 2.19. The third-order valence-corrected chi connectivity index (χ3v) is 2.51. The molecule has 2 aromatic rings. The number of ether oxygens (including phenoxy) is 1. The van der Waals surface area contributed by atoms with Crippen LogP contribution in [0.15, 0.2) is 30.5 Å². The average Bonchev–Trinajstić information content (AvgIpc) is 2.38. The highest BCUT2D eigenvalue weighted by molar-refractivity contribution is 5.90. The molecule has 0 fully saturated rings. The van der Waals surface area contributed by atoms with Crippen molar-refractivity contribution in [1.82, 2.24) is 10.3 Å². The fraction of sp³-hybridized carbons (Fsp3) is 0.250. The van der Waals surface area contributed by atoms with Crippen LogP contribution in [0.2, 0.25) is 0 Å². The van der Waals surface area contributed by atoms with Gasteiger partial charge in [-0.05, 0) is 31.3 Å². The normalized spacial score (nSPS) is 10.5. The van der Waals surface area contributed by atoms with Crippen LogP contribution in [-0.4, -0.2) is 30.1 Å². The molecule has 0 bridgehead atoms. The molecule has 0 aliphatic heterocycles. The van der Waals surface area contributed by atoms with Gasteiger partial charge in [-0.2, -0.15) is 0 Å². The first-order valence-electron chi connectivity index (χ1n) is 5.53. The van der Waals surface area contributed by atoms with Gasteiger partial charge in [0.1, 0.15) is 6.61 Å². The Balaban J connectivity index is 2.46. The standard InChI is InChI=1S/C12H13N3O3/c1-13-7-8-18-11-5-4-10-9(3-2-6-14-10)12(11)15(16)17/h2-6,13H,7-8H2,1H3. The predicted molar refractivity (Wildman–Crippen MR) is 67.8 cm³/mol. The predicted octanol–water partition coefficient (Wildman–Crippen LogP) is 1.74. The largest absolute Gasteiger partial charge is 0.485 e. The van der Waals surface area contributed by atoms with Crippen molar-refractivity contribution in [3.63, 3.8) is 0 Å². The minimum absolute atomic E-state index is 0.0308. The Hall–Kier alpha value is -2.21. The second-order valence-electron chi connectivity index (χ2n) is 3.69. The van der Waals surface area contributed by atoms with Crippen LogP contribution in [0.5, 0.6) is 5.75 Å². The molecule has 2 rings (SSSR count). The summed E-state index contributed by atoms with van der Waals surface area (Å²) >= 11 is 0. The van der Waals surface area contributed by atoms with E-state index in [1.54, 1.807) is 37.5 Å². The first-order valence-corrected chi connectivity index (χ1v) is 5.53. The first-order chi connectivity index (χ1) is 8.74. The van der Waals surface area contributed by atoms with Crippen LogP contribution in [0.25, 0.3) is 10.9 Å². The number of rotatable bonds is 5. The lowest BCUT2D eigenvalue weighted by atomic mass is 10.1. The van der Waals surface area contributed by atoms with Crippen molar-refractivity contribution in [2.45, 2.75) is 0 Å². The van der Waals surface area contributed by atoms with Crippen LogP contribution in [0.3, 0.4) is 0 Å². The summed E-state index contributed by atoms with van der Waals surface area (Å²) in [6, 6.07) is 6.65. The molecule has 1 aromatic carbocycles. The zero-order valence-electron chi connectivity index (χ0n) is 9.92. The third-order valence-electron chi connectivity index (χ3n) is 2.51. The van der Waals surface area contributed by atoms with Gasteiger partial charge in [-0.15, -0.1) is 0 Å². The highest BCUT2D eigenvalue weighted by Crippen LogP contribution is 2.34. The Morgan fingerprint density at radius 1 is 1.44 bits per heavy atom. The molecule has 0 spiro atoms. The number of pyridine rings is 1. The van der Waals surface area contributed by atoms with Gasteiger partial charge in [0.15, 0.2) is 5.75 Å². The molecule has 1 heterocycles. The lowest BCUT2D eigenvalue weighted by Crippen LogP contribution is -2.16. The van der Waals surface area contributed by atoms with E-state index in [1.807, 2.05) is 0 Å². The number of nitro groups is 1. The Labute approximate surface area is 104 Å². The van der Waals surface area contributed by atoms with Crippen LogP contribution in [0.4, 0.5) is 5.69 Å². The summed E-state index contributed by atoms with van der Waals surface area (Å²) < 4.78 is 5.42. The van der Waals surface area contributed by atoms with E-state index in [-0.39, 0.29) is 11.4 Å². The van der Waals surface area contributed by atoms with E-state index in [1.165, 1.54) is 0 Å². The summed E-state index contributed by atoms with van der Waals surface area (Å²) in [5.41, 5.74) is 0.557. The SMILES string of the molecule is CNCCOc1ccc2ncccc2c1[N+](=O)[O-]. The topological polar surface area (TPSA) is 77.3 Å². The molecular weight excluding hydrogens is 234 g/mol. The van der Waals surface area contributed by atoms with Gasteiger partial charge in [-0.1, -0.05) is 0 Å². The molecule has 6 heteroatoms. The Bertz CT molecular complexity index is 571. The van der Waals surface area contributed by atoms with Crippen molar-refractivity contribution in [3.8, 4) is 5.75 Å². The minimum atomic E-state index is -0.432. The summed E-state index contributed by atoms with van der Waals surface area (Å²) in [7, 11) is 1.79. The van der Waals surface area contributed by atoms with Crippen LogP contribution in [-0.2, 0) is 0 Å². The van der Waals surface area contributed by atoms with Gasteiger partial charge in [-0.25, -0.2) is 0 Å². The van der Waals surface area contributed by atoms with Crippen molar-refractivity contribution in [2.75, 3.05) is 20.2 Å². The maximum absolute atomic E-state index is 11.2. The number of fused-ring (bicyclic) bond motifs is 1. The number of hydrogen-bond donors (Lipinski definition) is 1. The summed E-state index contributed by atoms with van der Waals surface area (Å²) in [5, 5.41) is 14.6. The minimum Gasteiger partial charge on any atom is -0.485 e. The van der Waals surface area contributed by atoms with Gasteiger partial charge in [0.25, 0.3) is 0 Å². The monoisotopic (exact) mass is 247 g/mol. The Morgan fingerprint density at radius 3 is 3.00 bits per heavy atom. The zero-order valence-corrected chi connectivity index (χ0v) is 9.92. The molecule has 1 aromatic heterocycles. The molecule has 0 aliphatic carbocycles. The van der Waals surface area contributed by atoms with Crippen molar-refractivity contribution in [1.29, 1.82) is 0 Å². The van der Waals surface area contributed by atoms with Gasteiger partial charge in [-0.3, -0.25) is 15.1 Å². The summed E-state index contributed by atoms with van der Waals surface area (Å²) in [6.45, 7) is 1.01. The smallest absolute Gasteiger partial charge is 0.320 e. The molecule has 0 saturated heterocycles. The van der Waals surface area contributed by atoms with Crippen LogP contribution >= 0.6 is 0 Å². The molecule has 1 N–H and O–H groups in total. The second-order valence-corrected chi connectivity index (χ2v) is 3.69. The van der Waals surface area contributed by atoms with Gasteiger partial charge < -0.3 is 10.1 Å². The first kappa shape index (κ1) is 12.3. The maximum Gasteiger partial charge on any atom is 0.320 e. The van der Waals surface area contributed by atoms with E-state index in [2.05, 4.69) is 10.3 Å². The molecule has 0 radical (unpaired) electrons. The molecule has 94 valence electrons. The Kier molecular flexibility index (Phi) is 3.69. The summed E-state index contributed by atoms with van der Waals surface area (Å²) in [6.07, 6.45) is 1.60. The van der Waals surface area contributed by atoms with Crippen LogP contribution in [0, 0.1) is 10.1 Å².